The Kier molecular flexibility index (Phi) is 5.43. The number of hydrogen-bond acceptors (Lipinski definition) is 6. The first kappa shape index (κ1) is 21.0. The Balaban J connectivity index is 1.60. The molecule has 1 aliphatic heterocycles. The Labute approximate surface area is 194 Å². The minimum Gasteiger partial charge on any atom is -0.493 e. The van der Waals surface area contributed by atoms with E-state index >= 15 is 0 Å². The number of methoxy groups -OCH3 is 3. The van der Waals surface area contributed by atoms with E-state index in [0.29, 0.717) is 27.3 Å². The Hall–Kier alpha value is -3.91. The molecule has 0 aliphatic carbocycles. The number of thioether (sulfide) groups is 1. The first-order valence-corrected chi connectivity index (χ1v) is 11.0. The SMILES string of the molecule is COc1cc(/C=C2/SC(n3c4ccccc4c4ccccc43)=NNC2=O)cc(OC)c1OC. The van der Waals surface area contributed by atoms with E-state index in [1.54, 1.807) is 39.5 Å². The average molecular weight is 460 g/mol. The van der Waals surface area contributed by atoms with E-state index in [2.05, 4.69) is 39.4 Å². The van der Waals surface area contributed by atoms with Crippen LogP contribution in [0.25, 0.3) is 27.9 Å². The molecule has 1 N–H and O–H groups in total. The van der Waals surface area contributed by atoms with Gasteiger partial charge in [0, 0.05) is 10.8 Å². The summed E-state index contributed by atoms with van der Waals surface area (Å²) in [5.74, 6) is 1.25. The lowest BCUT2D eigenvalue weighted by atomic mass is 10.1. The number of hydrogen-bond donors (Lipinski definition) is 1. The van der Waals surface area contributed by atoms with Crippen molar-refractivity contribution in [3.63, 3.8) is 0 Å². The van der Waals surface area contributed by atoms with Gasteiger partial charge in [-0.3, -0.25) is 9.36 Å². The minimum atomic E-state index is -0.279. The summed E-state index contributed by atoms with van der Waals surface area (Å²) in [7, 11) is 4.67. The molecule has 0 saturated carbocycles. The van der Waals surface area contributed by atoms with Gasteiger partial charge < -0.3 is 14.2 Å². The molecule has 1 aliphatic rings. The zero-order valence-electron chi connectivity index (χ0n) is 18.3. The second-order valence-electron chi connectivity index (χ2n) is 7.27. The number of nitrogens with zero attached hydrogens (tertiary/aromatic N) is 2. The predicted octanol–water partition coefficient (Wildman–Crippen LogP) is 4.84. The maximum Gasteiger partial charge on any atom is 0.278 e. The number of carbonyl (C=O) groups excluding carboxylic acids is 1. The Bertz CT molecular complexity index is 1380. The molecule has 8 heteroatoms. The number of amides is 1. The summed E-state index contributed by atoms with van der Waals surface area (Å²) in [6, 6.07) is 19.9. The Morgan fingerprint density at radius 2 is 1.45 bits per heavy atom. The molecule has 0 fully saturated rings. The molecule has 0 bridgehead atoms. The maximum absolute atomic E-state index is 12.7. The highest BCUT2D eigenvalue weighted by molar-refractivity contribution is 8.18. The van der Waals surface area contributed by atoms with Crippen molar-refractivity contribution in [1.29, 1.82) is 0 Å². The minimum absolute atomic E-state index is 0.279. The fourth-order valence-corrected chi connectivity index (χ4v) is 4.89. The molecule has 5 rings (SSSR count). The molecule has 0 saturated heterocycles. The number of para-hydroxylation sites is 2. The van der Waals surface area contributed by atoms with Crippen LogP contribution in [0.15, 0.2) is 70.7 Å². The van der Waals surface area contributed by atoms with Crippen molar-refractivity contribution in [2.45, 2.75) is 0 Å². The molecule has 166 valence electrons. The number of ether oxygens (including phenoxy) is 3. The lowest BCUT2D eigenvalue weighted by Gasteiger charge is -2.17. The largest absolute Gasteiger partial charge is 0.493 e. The summed E-state index contributed by atoms with van der Waals surface area (Å²) in [4.78, 5) is 13.2. The summed E-state index contributed by atoms with van der Waals surface area (Å²) >= 11 is 1.31. The fraction of sp³-hybridized carbons (Fsp3) is 0.120. The number of fused-ring (bicyclic) bond motifs is 3. The van der Waals surface area contributed by atoms with Gasteiger partial charge in [0.25, 0.3) is 5.91 Å². The van der Waals surface area contributed by atoms with Gasteiger partial charge in [0.2, 0.25) is 5.75 Å². The monoisotopic (exact) mass is 459 g/mol. The summed E-state index contributed by atoms with van der Waals surface area (Å²) in [6.07, 6.45) is 1.78. The third-order valence-electron chi connectivity index (χ3n) is 5.43. The van der Waals surface area contributed by atoms with Crippen LogP contribution in [0, 0.1) is 0 Å². The van der Waals surface area contributed by atoms with E-state index in [9.17, 15) is 4.79 Å². The number of aromatic nitrogens is 1. The smallest absolute Gasteiger partial charge is 0.278 e. The Morgan fingerprint density at radius 3 is 2.00 bits per heavy atom. The van der Waals surface area contributed by atoms with Crippen molar-refractivity contribution in [1.82, 2.24) is 9.99 Å². The summed E-state index contributed by atoms with van der Waals surface area (Å²) in [5, 5.41) is 7.29. The first-order chi connectivity index (χ1) is 16.1. The van der Waals surface area contributed by atoms with Gasteiger partial charge >= 0.3 is 0 Å². The van der Waals surface area contributed by atoms with Gasteiger partial charge in [-0.25, -0.2) is 5.43 Å². The van der Waals surface area contributed by atoms with E-state index in [0.717, 1.165) is 27.4 Å². The molecule has 3 aromatic carbocycles. The molecule has 7 nitrogen and oxygen atoms in total. The second-order valence-corrected chi connectivity index (χ2v) is 8.28. The van der Waals surface area contributed by atoms with Crippen LogP contribution in [-0.4, -0.2) is 37.0 Å². The number of hydrazone groups is 1. The topological polar surface area (TPSA) is 74.1 Å². The standard InChI is InChI=1S/C25H21N3O4S/c1-30-20-12-15(13-21(31-2)23(20)32-3)14-22-24(29)26-27-25(33-22)28-18-10-6-4-8-16(18)17-9-5-7-11-19(17)28/h4-14H,1-3H3,(H,26,29)/b22-14+. The normalized spacial score (nSPS) is 14.9. The van der Waals surface area contributed by atoms with Crippen molar-refractivity contribution in [2.75, 3.05) is 21.3 Å². The van der Waals surface area contributed by atoms with Crippen LogP contribution in [0.4, 0.5) is 0 Å². The summed E-state index contributed by atoms with van der Waals surface area (Å²) < 4.78 is 18.3. The van der Waals surface area contributed by atoms with E-state index < -0.39 is 0 Å². The first-order valence-electron chi connectivity index (χ1n) is 10.2. The summed E-state index contributed by atoms with van der Waals surface area (Å²) in [6.45, 7) is 0. The van der Waals surface area contributed by atoms with E-state index in [4.69, 9.17) is 14.2 Å². The molecular weight excluding hydrogens is 438 g/mol. The molecule has 0 radical (unpaired) electrons. The molecule has 0 atom stereocenters. The van der Waals surface area contributed by atoms with Gasteiger partial charge in [0.15, 0.2) is 16.7 Å². The number of benzene rings is 3. The van der Waals surface area contributed by atoms with Crippen LogP contribution in [0.1, 0.15) is 5.56 Å². The Morgan fingerprint density at radius 1 is 0.879 bits per heavy atom. The third-order valence-corrected chi connectivity index (χ3v) is 6.41. The van der Waals surface area contributed by atoms with Gasteiger partial charge in [0.1, 0.15) is 0 Å². The summed E-state index contributed by atoms with van der Waals surface area (Å²) in [5.41, 5.74) is 5.44. The van der Waals surface area contributed by atoms with Gasteiger partial charge in [-0.05, 0) is 47.7 Å². The highest BCUT2D eigenvalue weighted by Crippen LogP contribution is 2.40. The van der Waals surface area contributed by atoms with Crippen molar-refractivity contribution in [2.24, 2.45) is 5.10 Å². The van der Waals surface area contributed by atoms with Crippen LogP contribution >= 0.6 is 11.8 Å². The van der Waals surface area contributed by atoms with Crippen molar-refractivity contribution in [3.05, 3.63) is 71.1 Å². The number of rotatable bonds is 4. The zero-order chi connectivity index (χ0) is 22.9. The quantitative estimate of drug-likeness (QED) is 0.442. The molecule has 1 amide bonds. The van der Waals surface area contributed by atoms with E-state index in [1.807, 2.05) is 24.3 Å². The van der Waals surface area contributed by atoms with Crippen LogP contribution in [0.5, 0.6) is 17.2 Å². The fourth-order valence-electron chi connectivity index (χ4n) is 3.98. The average Bonchev–Trinajstić information content (AvgIpc) is 3.19. The molecule has 0 unspecified atom stereocenters. The van der Waals surface area contributed by atoms with Crippen molar-refractivity contribution in [3.8, 4) is 17.2 Å². The second kappa shape index (κ2) is 8.55. The molecule has 33 heavy (non-hydrogen) atoms. The number of carbonyl (C=O) groups is 1. The van der Waals surface area contributed by atoms with Crippen molar-refractivity contribution >= 4 is 50.7 Å². The third kappa shape index (κ3) is 3.58. The molecule has 0 spiro atoms. The van der Waals surface area contributed by atoms with Crippen molar-refractivity contribution < 1.29 is 19.0 Å². The molecular formula is C25H21N3O4S. The van der Waals surface area contributed by atoms with Crippen LogP contribution in [-0.2, 0) is 4.79 Å². The van der Waals surface area contributed by atoms with Gasteiger partial charge in [0.05, 0.1) is 37.3 Å². The zero-order valence-corrected chi connectivity index (χ0v) is 19.1. The predicted molar refractivity (Wildman–Crippen MR) is 132 cm³/mol. The lowest BCUT2D eigenvalue weighted by molar-refractivity contribution is -0.116. The highest BCUT2D eigenvalue weighted by Gasteiger charge is 2.24. The maximum atomic E-state index is 12.7. The highest BCUT2D eigenvalue weighted by atomic mass is 32.2. The lowest BCUT2D eigenvalue weighted by Crippen LogP contribution is -2.27. The van der Waals surface area contributed by atoms with E-state index in [1.165, 1.54) is 11.8 Å². The van der Waals surface area contributed by atoms with E-state index in [-0.39, 0.29) is 5.91 Å². The van der Waals surface area contributed by atoms with Crippen LogP contribution in [0.3, 0.4) is 0 Å². The molecule has 1 aromatic heterocycles. The van der Waals surface area contributed by atoms with Gasteiger partial charge in [-0.1, -0.05) is 36.4 Å². The molecule has 2 heterocycles. The van der Waals surface area contributed by atoms with Crippen LogP contribution in [0.2, 0.25) is 0 Å². The number of nitrogens with one attached hydrogen (secondary N) is 1. The molecule has 4 aromatic rings. The van der Waals surface area contributed by atoms with Crippen LogP contribution < -0.4 is 19.6 Å². The van der Waals surface area contributed by atoms with Gasteiger partial charge in [-0.2, -0.15) is 0 Å². The van der Waals surface area contributed by atoms with Gasteiger partial charge in [-0.15, -0.1) is 5.10 Å².